The molecule has 0 radical (unpaired) electrons. The van der Waals surface area contributed by atoms with Crippen LogP contribution >= 0.6 is 0 Å². The van der Waals surface area contributed by atoms with Crippen LogP contribution in [0.4, 0.5) is 5.69 Å². The van der Waals surface area contributed by atoms with Crippen molar-refractivity contribution in [3.8, 4) is 11.5 Å². The summed E-state index contributed by atoms with van der Waals surface area (Å²) in [5.41, 5.74) is 1.44. The van der Waals surface area contributed by atoms with E-state index in [1.165, 1.54) is 32.4 Å². The van der Waals surface area contributed by atoms with Crippen LogP contribution in [0.2, 0.25) is 0 Å². The van der Waals surface area contributed by atoms with Crippen LogP contribution in [-0.2, 0) is 10.0 Å². The van der Waals surface area contributed by atoms with Crippen LogP contribution in [0.3, 0.4) is 0 Å². The number of nitro groups is 1. The molecule has 0 heterocycles. The molecule has 144 valence electrons. The monoisotopic (exact) mass is 393 g/mol. The van der Waals surface area contributed by atoms with Crippen molar-refractivity contribution in [1.29, 1.82) is 0 Å². The molecule has 9 nitrogen and oxygen atoms in total. The van der Waals surface area contributed by atoms with Crippen LogP contribution in [0.5, 0.6) is 11.5 Å². The van der Waals surface area contributed by atoms with E-state index in [-0.39, 0.29) is 27.6 Å². The Balaban J connectivity index is 2.34. The quantitative estimate of drug-likeness (QED) is 0.438. The Kier molecular flexibility index (Phi) is 6.01. The maximum absolute atomic E-state index is 12.4. The molecule has 0 saturated carbocycles. The van der Waals surface area contributed by atoms with E-state index >= 15 is 0 Å². The lowest BCUT2D eigenvalue weighted by molar-refractivity contribution is -0.385. The molecule has 0 aliphatic carbocycles. The van der Waals surface area contributed by atoms with Gasteiger partial charge in [-0.1, -0.05) is 17.7 Å². The number of hydrazone groups is 1. The summed E-state index contributed by atoms with van der Waals surface area (Å²) in [6, 6.07) is 7.43. The van der Waals surface area contributed by atoms with Crippen LogP contribution in [0, 0.1) is 24.0 Å². The molecule has 0 aliphatic rings. The van der Waals surface area contributed by atoms with E-state index < -0.39 is 14.9 Å². The van der Waals surface area contributed by atoms with E-state index in [2.05, 4.69) is 9.93 Å². The van der Waals surface area contributed by atoms with Gasteiger partial charge in [-0.3, -0.25) is 10.1 Å². The first kappa shape index (κ1) is 20.2. The third kappa shape index (κ3) is 4.53. The van der Waals surface area contributed by atoms with Gasteiger partial charge >= 0.3 is 5.69 Å². The topological polar surface area (TPSA) is 120 Å². The van der Waals surface area contributed by atoms with Crippen molar-refractivity contribution in [1.82, 2.24) is 4.83 Å². The summed E-state index contributed by atoms with van der Waals surface area (Å²) in [5, 5.41) is 14.9. The maximum atomic E-state index is 12.4. The molecule has 0 amide bonds. The van der Waals surface area contributed by atoms with E-state index in [1.807, 2.05) is 6.92 Å². The van der Waals surface area contributed by atoms with Gasteiger partial charge in [0, 0.05) is 17.7 Å². The van der Waals surface area contributed by atoms with Crippen molar-refractivity contribution in [2.75, 3.05) is 14.2 Å². The van der Waals surface area contributed by atoms with Gasteiger partial charge in [-0.25, -0.2) is 4.83 Å². The number of methoxy groups -OCH3 is 2. The van der Waals surface area contributed by atoms with Gasteiger partial charge in [0.1, 0.15) is 5.75 Å². The summed E-state index contributed by atoms with van der Waals surface area (Å²) < 4.78 is 34.9. The van der Waals surface area contributed by atoms with Gasteiger partial charge in [0.05, 0.1) is 30.3 Å². The highest BCUT2D eigenvalue weighted by Gasteiger charge is 2.19. The number of nitrogens with one attached hydrogen (secondary N) is 1. The molecular weight excluding hydrogens is 374 g/mol. The Labute approximate surface area is 156 Å². The number of sulfonamides is 1. The highest BCUT2D eigenvalue weighted by Crippen LogP contribution is 2.33. The largest absolute Gasteiger partial charge is 0.496 e. The molecule has 1 N–H and O–H groups in total. The van der Waals surface area contributed by atoms with E-state index in [9.17, 15) is 18.5 Å². The number of nitro benzene ring substituents is 1. The van der Waals surface area contributed by atoms with Gasteiger partial charge in [0.25, 0.3) is 10.0 Å². The molecule has 0 aliphatic heterocycles. The number of benzene rings is 2. The van der Waals surface area contributed by atoms with E-state index in [1.54, 1.807) is 19.1 Å². The molecule has 2 aromatic carbocycles. The number of hydrogen-bond acceptors (Lipinski definition) is 7. The summed E-state index contributed by atoms with van der Waals surface area (Å²) in [6.07, 6.45) is 1.13. The van der Waals surface area contributed by atoms with Crippen LogP contribution in [0.1, 0.15) is 16.7 Å². The highest BCUT2D eigenvalue weighted by atomic mass is 32.2. The zero-order valence-corrected chi connectivity index (χ0v) is 16.0. The minimum Gasteiger partial charge on any atom is -0.496 e. The number of hydrogen-bond donors (Lipinski definition) is 1. The van der Waals surface area contributed by atoms with Crippen LogP contribution in [0.25, 0.3) is 0 Å². The lowest BCUT2D eigenvalue weighted by atomic mass is 10.1. The smallest absolute Gasteiger partial charge is 0.311 e. The van der Waals surface area contributed by atoms with Gasteiger partial charge < -0.3 is 9.47 Å². The fourth-order valence-electron chi connectivity index (χ4n) is 2.47. The summed E-state index contributed by atoms with van der Waals surface area (Å²) >= 11 is 0. The van der Waals surface area contributed by atoms with Crippen molar-refractivity contribution < 1.29 is 22.8 Å². The van der Waals surface area contributed by atoms with E-state index in [0.717, 1.165) is 11.8 Å². The molecule has 2 rings (SSSR count). The zero-order chi connectivity index (χ0) is 20.2. The predicted octanol–water partition coefficient (Wildman–Crippen LogP) is 2.54. The van der Waals surface area contributed by atoms with Crippen molar-refractivity contribution in [2.45, 2.75) is 18.7 Å². The zero-order valence-electron chi connectivity index (χ0n) is 15.2. The lowest BCUT2D eigenvalue weighted by Gasteiger charge is -2.09. The van der Waals surface area contributed by atoms with E-state index in [4.69, 9.17) is 9.47 Å². The fourth-order valence-corrected chi connectivity index (χ4v) is 3.48. The normalized spacial score (nSPS) is 11.4. The summed E-state index contributed by atoms with van der Waals surface area (Å²) in [4.78, 5) is 12.7. The first-order valence-corrected chi connectivity index (χ1v) is 9.20. The second-order valence-electron chi connectivity index (χ2n) is 5.64. The summed E-state index contributed by atoms with van der Waals surface area (Å²) in [5.74, 6) is 0.261. The van der Waals surface area contributed by atoms with Crippen LogP contribution < -0.4 is 14.3 Å². The number of ether oxygens (including phenoxy) is 2. The Morgan fingerprint density at radius 2 is 1.78 bits per heavy atom. The minimum absolute atomic E-state index is 0.0184. The molecular formula is C17H19N3O6S. The molecule has 0 spiro atoms. The number of aryl methyl sites for hydroxylation is 2. The third-order valence-corrected chi connectivity index (χ3v) is 5.11. The number of nitrogens with zero attached hydrogens (tertiary/aromatic N) is 2. The molecule has 10 heteroatoms. The Morgan fingerprint density at radius 3 is 2.33 bits per heavy atom. The summed E-state index contributed by atoms with van der Waals surface area (Å²) in [7, 11) is -1.21. The van der Waals surface area contributed by atoms with Gasteiger partial charge in [0.2, 0.25) is 5.75 Å². The average Bonchev–Trinajstić information content (AvgIpc) is 2.60. The maximum Gasteiger partial charge on any atom is 0.311 e. The average molecular weight is 393 g/mol. The Morgan fingerprint density at radius 1 is 1.11 bits per heavy atom. The minimum atomic E-state index is -3.88. The molecule has 0 atom stereocenters. The second kappa shape index (κ2) is 8.04. The van der Waals surface area contributed by atoms with Crippen molar-refractivity contribution in [2.24, 2.45) is 5.10 Å². The van der Waals surface area contributed by atoms with Gasteiger partial charge in [-0.05, 0) is 25.5 Å². The third-order valence-electron chi connectivity index (χ3n) is 3.72. The highest BCUT2D eigenvalue weighted by molar-refractivity contribution is 7.89. The van der Waals surface area contributed by atoms with Crippen molar-refractivity contribution >= 4 is 21.9 Å². The van der Waals surface area contributed by atoms with Gasteiger partial charge in [-0.15, -0.1) is 0 Å². The van der Waals surface area contributed by atoms with Crippen LogP contribution in [0.15, 0.2) is 40.3 Å². The molecule has 0 fully saturated rings. The van der Waals surface area contributed by atoms with Gasteiger partial charge in [0.15, 0.2) is 0 Å². The molecule has 2 aromatic rings. The van der Waals surface area contributed by atoms with Crippen LogP contribution in [-0.4, -0.2) is 33.8 Å². The summed E-state index contributed by atoms with van der Waals surface area (Å²) in [6.45, 7) is 3.54. The number of rotatable bonds is 7. The molecule has 0 aromatic heterocycles. The molecule has 27 heavy (non-hydrogen) atoms. The molecule has 0 saturated heterocycles. The Bertz CT molecular complexity index is 1000. The first-order valence-electron chi connectivity index (χ1n) is 7.72. The Hall–Kier alpha value is -3.14. The molecule has 0 bridgehead atoms. The van der Waals surface area contributed by atoms with Crippen molar-refractivity contribution in [3.63, 3.8) is 0 Å². The van der Waals surface area contributed by atoms with Crippen molar-refractivity contribution in [3.05, 3.63) is 57.1 Å². The van der Waals surface area contributed by atoms with E-state index in [0.29, 0.717) is 5.56 Å². The lowest BCUT2D eigenvalue weighted by Crippen LogP contribution is -2.19. The second-order valence-corrected chi connectivity index (χ2v) is 7.27. The standard InChI is InChI=1S/C17H19N3O6S/c1-11-5-6-17(12(2)7-11)27(23,24)19-18-10-13-8-14(20(21)22)16(26-4)9-15(13)25-3/h5-10,19H,1-4H3/b18-10+. The van der Waals surface area contributed by atoms with Gasteiger partial charge in [-0.2, -0.15) is 13.5 Å². The SMILES string of the molecule is COc1cc(OC)c([N+](=O)[O-])cc1/C=N/NS(=O)(=O)c1ccc(C)cc1C. The predicted molar refractivity (Wildman–Crippen MR) is 100 cm³/mol. The first-order chi connectivity index (χ1) is 12.7. The fraction of sp³-hybridized carbons (Fsp3) is 0.235. The molecule has 0 unspecified atom stereocenters.